The molecule has 1 atom stereocenters. The fraction of sp³-hybridized carbons (Fsp3) is 0.280. The molecule has 2 saturated heterocycles. The summed E-state index contributed by atoms with van der Waals surface area (Å²) >= 11 is 0. The number of hydrogen-bond acceptors (Lipinski definition) is 4. The molecule has 0 spiro atoms. The van der Waals surface area contributed by atoms with Gasteiger partial charge in [-0.2, -0.15) is 0 Å². The Hall–Kier alpha value is -3.38. The van der Waals surface area contributed by atoms with Crippen LogP contribution < -0.4 is 0 Å². The van der Waals surface area contributed by atoms with E-state index < -0.39 is 6.04 Å². The Bertz CT molecular complexity index is 1050. The monoisotopic (exact) mass is 415 g/mol. The third kappa shape index (κ3) is 4.11. The molecule has 2 fully saturated rings. The maximum absolute atomic E-state index is 13.1. The van der Waals surface area contributed by atoms with Crippen LogP contribution in [0.25, 0.3) is 11.1 Å². The minimum Gasteiger partial charge on any atom is -0.467 e. The minimum absolute atomic E-state index is 0.000116. The smallest absolute Gasteiger partial charge is 0.247 e. The van der Waals surface area contributed by atoms with Gasteiger partial charge in [-0.25, -0.2) is 0 Å². The largest absolute Gasteiger partial charge is 0.467 e. The van der Waals surface area contributed by atoms with Crippen molar-refractivity contribution >= 4 is 11.8 Å². The number of amides is 2. The quantitative estimate of drug-likeness (QED) is 0.643. The third-order valence-corrected chi connectivity index (χ3v) is 6.10. The highest BCUT2D eigenvalue weighted by Gasteiger charge is 2.42. The Morgan fingerprint density at radius 1 is 0.839 bits per heavy atom. The first-order chi connectivity index (χ1) is 15.2. The van der Waals surface area contributed by atoms with Crippen molar-refractivity contribution in [2.75, 3.05) is 26.2 Å². The lowest BCUT2D eigenvalue weighted by Gasteiger charge is -2.46. The Kier molecular flexibility index (Phi) is 5.30. The van der Waals surface area contributed by atoms with Crippen molar-refractivity contribution in [1.82, 2.24) is 14.7 Å². The second kappa shape index (κ2) is 8.40. The lowest BCUT2D eigenvalue weighted by Crippen LogP contribution is -2.66. The molecular weight excluding hydrogens is 390 g/mol. The van der Waals surface area contributed by atoms with Gasteiger partial charge in [-0.3, -0.25) is 14.5 Å². The van der Waals surface area contributed by atoms with Crippen molar-refractivity contribution in [2.45, 2.75) is 19.1 Å². The van der Waals surface area contributed by atoms with Gasteiger partial charge in [-0.1, -0.05) is 54.6 Å². The van der Waals surface area contributed by atoms with E-state index in [4.69, 9.17) is 4.42 Å². The topological polar surface area (TPSA) is 57.0 Å². The number of furan rings is 1. The summed E-state index contributed by atoms with van der Waals surface area (Å²) in [6, 6.07) is 22.1. The number of carbonyl (C=O) groups excluding carboxylic acids is 2. The zero-order valence-electron chi connectivity index (χ0n) is 17.3. The molecule has 0 N–H and O–H groups in total. The second-order valence-electron chi connectivity index (χ2n) is 8.17. The van der Waals surface area contributed by atoms with E-state index in [1.807, 2.05) is 24.3 Å². The number of hydrogen-bond donors (Lipinski definition) is 0. The number of fused-ring (bicyclic) bond motifs is 1. The minimum atomic E-state index is -0.423. The summed E-state index contributed by atoms with van der Waals surface area (Å²) in [5.74, 6) is 0.712. The van der Waals surface area contributed by atoms with Crippen molar-refractivity contribution in [3.63, 3.8) is 0 Å². The molecule has 5 rings (SSSR count). The normalized spacial score (nSPS) is 19.5. The van der Waals surface area contributed by atoms with Gasteiger partial charge in [-0.15, -0.1) is 0 Å². The molecule has 1 unspecified atom stereocenters. The van der Waals surface area contributed by atoms with E-state index in [0.29, 0.717) is 25.4 Å². The van der Waals surface area contributed by atoms with E-state index in [1.54, 1.807) is 22.1 Å². The molecule has 2 amide bonds. The standard InChI is InChI=1S/C25H25N3O3/c29-24-18-27(16-22-7-4-14-31-22)25(30)23-17-26(12-13-28(23)24)15-19-8-10-21(11-9-19)20-5-2-1-3-6-20/h1-11,14,23H,12-13,15-18H2. The molecule has 2 aromatic carbocycles. The van der Waals surface area contributed by atoms with Crippen LogP contribution in [-0.2, 0) is 22.7 Å². The highest BCUT2D eigenvalue weighted by molar-refractivity contribution is 5.95. The fourth-order valence-corrected chi connectivity index (χ4v) is 4.45. The van der Waals surface area contributed by atoms with E-state index in [9.17, 15) is 9.59 Å². The summed E-state index contributed by atoms with van der Waals surface area (Å²) in [7, 11) is 0. The van der Waals surface area contributed by atoms with Crippen LogP contribution in [-0.4, -0.2) is 58.7 Å². The van der Waals surface area contributed by atoms with Gasteiger partial charge in [0.15, 0.2) is 0 Å². The van der Waals surface area contributed by atoms with Crippen LogP contribution in [0.5, 0.6) is 0 Å². The van der Waals surface area contributed by atoms with E-state index in [1.165, 1.54) is 16.7 Å². The molecule has 6 nitrogen and oxygen atoms in total. The van der Waals surface area contributed by atoms with Crippen molar-refractivity contribution in [2.24, 2.45) is 0 Å². The molecule has 0 saturated carbocycles. The first kappa shape index (κ1) is 19.6. The lowest BCUT2D eigenvalue weighted by molar-refractivity contribution is -0.160. The van der Waals surface area contributed by atoms with Gasteiger partial charge < -0.3 is 14.2 Å². The van der Waals surface area contributed by atoms with Crippen LogP contribution in [0, 0.1) is 0 Å². The maximum atomic E-state index is 13.1. The third-order valence-electron chi connectivity index (χ3n) is 6.10. The van der Waals surface area contributed by atoms with Gasteiger partial charge in [0.1, 0.15) is 18.3 Å². The summed E-state index contributed by atoms with van der Waals surface area (Å²) in [6.07, 6.45) is 1.59. The van der Waals surface area contributed by atoms with Crippen LogP contribution in [0.3, 0.4) is 0 Å². The van der Waals surface area contributed by atoms with Crippen LogP contribution in [0.2, 0.25) is 0 Å². The molecule has 2 aliphatic heterocycles. The van der Waals surface area contributed by atoms with E-state index >= 15 is 0 Å². The average Bonchev–Trinajstić information content (AvgIpc) is 3.31. The molecule has 3 heterocycles. The summed E-state index contributed by atoms with van der Waals surface area (Å²) in [5.41, 5.74) is 3.59. The SMILES string of the molecule is O=C1C2CN(Cc3ccc(-c4ccccc4)cc3)CCN2C(=O)CN1Cc1ccco1. The number of carbonyl (C=O) groups is 2. The average molecular weight is 415 g/mol. The molecule has 31 heavy (non-hydrogen) atoms. The van der Waals surface area contributed by atoms with Gasteiger partial charge in [0.05, 0.1) is 12.8 Å². The molecule has 0 radical (unpaired) electrons. The molecule has 0 aliphatic carbocycles. The Morgan fingerprint density at radius 3 is 2.35 bits per heavy atom. The zero-order chi connectivity index (χ0) is 21.2. The summed E-state index contributed by atoms with van der Waals surface area (Å²) in [4.78, 5) is 31.3. The maximum Gasteiger partial charge on any atom is 0.247 e. The van der Waals surface area contributed by atoms with Crippen LogP contribution in [0.4, 0.5) is 0 Å². The lowest BCUT2D eigenvalue weighted by atomic mass is 10.0. The predicted molar refractivity (Wildman–Crippen MR) is 117 cm³/mol. The molecule has 3 aromatic rings. The highest BCUT2D eigenvalue weighted by atomic mass is 16.3. The number of nitrogens with zero attached hydrogens (tertiary/aromatic N) is 3. The van der Waals surface area contributed by atoms with Gasteiger partial charge >= 0.3 is 0 Å². The van der Waals surface area contributed by atoms with Crippen LogP contribution >= 0.6 is 0 Å². The van der Waals surface area contributed by atoms with Crippen molar-refractivity contribution < 1.29 is 14.0 Å². The summed E-state index contributed by atoms with van der Waals surface area (Å²) < 4.78 is 5.37. The predicted octanol–water partition coefficient (Wildman–Crippen LogP) is 3.00. The fourth-order valence-electron chi connectivity index (χ4n) is 4.45. The first-order valence-corrected chi connectivity index (χ1v) is 10.6. The Labute approximate surface area is 181 Å². The van der Waals surface area contributed by atoms with Gasteiger partial charge in [-0.05, 0) is 28.8 Å². The molecule has 6 heteroatoms. The van der Waals surface area contributed by atoms with Crippen LogP contribution in [0.15, 0.2) is 77.4 Å². The number of piperazine rings is 2. The second-order valence-corrected chi connectivity index (χ2v) is 8.17. The van der Waals surface area contributed by atoms with E-state index in [0.717, 1.165) is 13.1 Å². The molecule has 158 valence electrons. The zero-order valence-corrected chi connectivity index (χ0v) is 17.3. The van der Waals surface area contributed by atoms with Gasteiger partial charge in [0, 0.05) is 26.2 Å². The molecular formula is C25H25N3O3. The molecule has 2 aliphatic rings. The number of rotatable bonds is 5. The molecule has 1 aromatic heterocycles. The van der Waals surface area contributed by atoms with E-state index in [2.05, 4.69) is 41.3 Å². The molecule has 0 bridgehead atoms. The van der Waals surface area contributed by atoms with Crippen molar-refractivity contribution in [1.29, 1.82) is 0 Å². The first-order valence-electron chi connectivity index (χ1n) is 10.6. The summed E-state index contributed by atoms with van der Waals surface area (Å²) in [5, 5.41) is 0. The Balaban J connectivity index is 1.25. The van der Waals surface area contributed by atoms with Crippen LogP contribution in [0.1, 0.15) is 11.3 Å². The van der Waals surface area contributed by atoms with Gasteiger partial charge in [0.25, 0.3) is 0 Å². The van der Waals surface area contributed by atoms with E-state index in [-0.39, 0.29) is 18.4 Å². The summed E-state index contributed by atoms with van der Waals surface area (Å²) in [6.45, 7) is 3.14. The van der Waals surface area contributed by atoms with Gasteiger partial charge in [0.2, 0.25) is 11.8 Å². The van der Waals surface area contributed by atoms with Crippen molar-refractivity contribution in [3.8, 4) is 11.1 Å². The highest BCUT2D eigenvalue weighted by Crippen LogP contribution is 2.23. The van der Waals surface area contributed by atoms with Crippen molar-refractivity contribution in [3.05, 3.63) is 84.3 Å². The Morgan fingerprint density at radius 2 is 1.61 bits per heavy atom. The number of benzene rings is 2.